The van der Waals surface area contributed by atoms with Crippen molar-refractivity contribution in [2.24, 2.45) is 10.9 Å². The van der Waals surface area contributed by atoms with Crippen LogP contribution in [0.5, 0.6) is 0 Å². The minimum Gasteiger partial charge on any atom is -0.360 e. The number of nitrogens with zero attached hydrogens (tertiary/aromatic N) is 2. The monoisotopic (exact) mass is 183 g/mol. The SMILES string of the molecule is O=C(NO)C1CCN2CCCN=C12. The number of rotatable bonds is 1. The molecule has 0 aromatic heterocycles. The van der Waals surface area contributed by atoms with Gasteiger partial charge in [0.2, 0.25) is 0 Å². The van der Waals surface area contributed by atoms with Crippen molar-refractivity contribution in [1.82, 2.24) is 10.4 Å². The van der Waals surface area contributed by atoms with Gasteiger partial charge in [-0.05, 0) is 12.8 Å². The lowest BCUT2D eigenvalue weighted by Gasteiger charge is -2.23. The zero-order chi connectivity index (χ0) is 9.26. The molecule has 1 amide bonds. The summed E-state index contributed by atoms with van der Waals surface area (Å²) in [7, 11) is 0. The predicted molar refractivity (Wildman–Crippen MR) is 46.5 cm³/mol. The molecule has 0 spiro atoms. The van der Waals surface area contributed by atoms with E-state index in [9.17, 15) is 4.79 Å². The number of amides is 1. The summed E-state index contributed by atoms with van der Waals surface area (Å²) in [5.41, 5.74) is 1.69. The molecular weight excluding hydrogens is 170 g/mol. The zero-order valence-corrected chi connectivity index (χ0v) is 7.36. The van der Waals surface area contributed by atoms with Gasteiger partial charge in [0.1, 0.15) is 5.84 Å². The molecule has 5 nitrogen and oxygen atoms in total. The van der Waals surface area contributed by atoms with Crippen molar-refractivity contribution < 1.29 is 10.0 Å². The average molecular weight is 183 g/mol. The first-order valence-corrected chi connectivity index (χ1v) is 4.56. The van der Waals surface area contributed by atoms with Crippen LogP contribution in [0, 0.1) is 5.92 Å². The van der Waals surface area contributed by atoms with Crippen molar-refractivity contribution in [3.8, 4) is 0 Å². The molecule has 0 aliphatic carbocycles. The van der Waals surface area contributed by atoms with E-state index in [1.165, 1.54) is 0 Å². The highest BCUT2D eigenvalue weighted by Gasteiger charge is 2.35. The molecule has 1 unspecified atom stereocenters. The van der Waals surface area contributed by atoms with Gasteiger partial charge in [0, 0.05) is 19.6 Å². The summed E-state index contributed by atoms with van der Waals surface area (Å²) in [6, 6.07) is 0. The summed E-state index contributed by atoms with van der Waals surface area (Å²) < 4.78 is 0. The van der Waals surface area contributed by atoms with Crippen molar-refractivity contribution in [2.75, 3.05) is 19.6 Å². The molecule has 5 heteroatoms. The number of hydrogen-bond acceptors (Lipinski definition) is 4. The first-order valence-electron chi connectivity index (χ1n) is 4.56. The minimum absolute atomic E-state index is 0.231. The Kier molecular flexibility index (Phi) is 2.18. The molecule has 2 rings (SSSR count). The first-order chi connectivity index (χ1) is 6.33. The fourth-order valence-electron chi connectivity index (χ4n) is 1.97. The van der Waals surface area contributed by atoms with Gasteiger partial charge in [-0.15, -0.1) is 0 Å². The highest BCUT2D eigenvalue weighted by molar-refractivity contribution is 6.04. The highest BCUT2D eigenvalue weighted by atomic mass is 16.5. The molecule has 0 aromatic carbocycles. The molecule has 2 aliphatic rings. The van der Waals surface area contributed by atoms with Crippen LogP contribution in [0.15, 0.2) is 4.99 Å². The Morgan fingerprint density at radius 2 is 2.46 bits per heavy atom. The van der Waals surface area contributed by atoms with E-state index in [1.807, 2.05) is 0 Å². The maximum Gasteiger partial charge on any atom is 0.254 e. The number of amidine groups is 1. The molecule has 13 heavy (non-hydrogen) atoms. The molecule has 72 valence electrons. The van der Waals surface area contributed by atoms with Crippen molar-refractivity contribution in [3.05, 3.63) is 0 Å². The fraction of sp³-hybridized carbons (Fsp3) is 0.750. The summed E-state index contributed by atoms with van der Waals surface area (Å²) >= 11 is 0. The number of carbonyl (C=O) groups excluding carboxylic acids is 1. The normalized spacial score (nSPS) is 26.7. The van der Waals surface area contributed by atoms with Gasteiger partial charge in [0.15, 0.2) is 0 Å². The quantitative estimate of drug-likeness (QED) is 0.430. The number of nitrogens with one attached hydrogen (secondary N) is 1. The second-order valence-corrected chi connectivity index (χ2v) is 3.40. The smallest absolute Gasteiger partial charge is 0.254 e. The number of aliphatic imine (C=N–C) groups is 1. The molecule has 0 aromatic rings. The van der Waals surface area contributed by atoms with Crippen LogP contribution in [0.4, 0.5) is 0 Å². The maximum atomic E-state index is 11.2. The van der Waals surface area contributed by atoms with Crippen molar-refractivity contribution in [1.29, 1.82) is 0 Å². The fourth-order valence-corrected chi connectivity index (χ4v) is 1.97. The van der Waals surface area contributed by atoms with E-state index in [1.54, 1.807) is 5.48 Å². The van der Waals surface area contributed by atoms with E-state index >= 15 is 0 Å². The predicted octanol–water partition coefficient (Wildman–Crippen LogP) is -0.384. The average Bonchev–Trinajstić information content (AvgIpc) is 2.60. The summed E-state index contributed by atoms with van der Waals surface area (Å²) in [6.07, 6.45) is 1.84. The Morgan fingerprint density at radius 1 is 1.62 bits per heavy atom. The van der Waals surface area contributed by atoms with E-state index in [-0.39, 0.29) is 11.8 Å². The van der Waals surface area contributed by atoms with Crippen molar-refractivity contribution >= 4 is 11.7 Å². The lowest BCUT2D eigenvalue weighted by Crippen LogP contribution is -2.38. The van der Waals surface area contributed by atoms with Crippen LogP contribution in [-0.2, 0) is 4.79 Å². The Bertz CT molecular complexity index is 252. The summed E-state index contributed by atoms with van der Waals surface area (Å²) in [4.78, 5) is 17.6. The zero-order valence-electron chi connectivity index (χ0n) is 7.36. The molecule has 2 heterocycles. The second-order valence-electron chi connectivity index (χ2n) is 3.40. The van der Waals surface area contributed by atoms with Gasteiger partial charge >= 0.3 is 0 Å². The molecule has 1 fully saturated rings. The minimum atomic E-state index is -0.330. The Hall–Kier alpha value is -1.10. The Morgan fingerprint density at radius 3 is 3.23 bits per heavy atom. The lowest BCUT2D eigenvalue weighted by molar-refractivity contribution is -0.131. The van der Waals surface area contributed by atoms with Gasteiger partial charge in [-0.3, -0.25) is 15.0 Å². The van der Waals surface area contributed by atoms with Crippen molar-refractivity contribution in [3.63, 3.8) is 0 Å². The maximum absolute atomic E-state index is 11.2. The van der Waals surface area contributed by atoms with Crippen LogP contribution in [-0.4, -0.2) is 41.5 Å². The van der Waals surface area contributed by atoms with Gasteiger partial charge in [0.05, 0.1) is 5.92 Å². The molecule has 0 radical (unpaired) electrons. The third-order valence-corrected chi connectivity index (χ3v) is 2.61. The van der Waals surface area contributed by atoms with Gasteiger partial charge in [-0.25, -0.2) is 5.48 Å². The topological polar surface area (TPSA) is 64.9 Å². The van der Waals surface area contributed by atoms with Crippen LogP contribution in [0.1, 0.15) is 12.8 Å². The lowest BCUT2D eigenvalue weighted by atomic mass is 10.1. The second kappa shape index (κ2) is 3.33. The van der Waals surface area contributed by atoms with Crippen molar-refractivity contribution in [2.45, 2.75) is 12.8 Å². The standard InChI is InChI=1S/C8H13N3O2/c12-8(10-13)6-2-5-11-4-1-3-9-7(6)11/h6,13H,1-5H2,(H,10,12). The third kappa shape index (κ3) is 1.39. The molecular formula is C8H13N3O2. The summed E-state index contributed by atoms with van der Waals surface area (Å²) in [6.45, 7) is 2.69. The molecule has 2 aliphatic heterocycles. The van der Waals surface area contributed by atoms with Gasteiger partial charge in [-0.1, -0.05) is 0 Å². The highest BCUT2D eigenvalue weighted by Crippen LogP contribution is 2.22. The van der Waals surface area contributed by atoms with Crippen LogP contribution in [0.3, 0.4) is 0 Å². The largest absolute Gasteiger partial charge is 0.360 e. The van der Waals surface area contributed by atoms with E-state index in [0.717, 1.165) is 38.3 Å². The molecule has 0 bridgehead atoms. The number of hydroxylamine groups is 1. The molecule has 1 atom stereocenters. The molecule has 1 saturated heterocycles. The van der Waals surface area contributed by atoms with Crippen LogP contribution >= 0.6 is 0 Å². The van der Waals surface area contributed by atoms with Gasteiger partial charge in [0.25, 0.3) is 5.91 Å². The first kappa shape index (κ1) is 8.50. The summed E-state index contributed by atoms with van der Waals surface area (Å²) in [5.74, 6) is 0.297. The van der Waals surface area contributed by atoms with Crippen LogP contribution in [0.2, 0.25) is 0 Å². The van der Waals surface area contributed by atoms with Gasteiger partial charge in [-0.2, -0.15) is 0 Å². The third-order valence-electron chi connectivity index (χ3n) is 2.61. The Balaban J connectivity index is 2.14. The summed E-state index contributed by atoms with van der Waals surface area (Å²) in [5, 5.41) is 8.51. The van der Waals surface area contributed by atoms with E-state index in [0.29, 0.717) is 0 Å². The number of hydrogen-bond donors (Lipinski definition) is 2. The number of fused-ring (bicyclic) bond motifs is 1. The van der Waals surface area contributed by atoms with Crippen LogP contribution < -0.4 is 5.48 Å². The van der Waals surface area contributed by atoms with Crippen LogP contribution in [0.25, 0.3) is 0 Å². The van der Waals surface area contributed by atoms with E-state index in [4.69, 9.17) is 5.21 Å². The van der Waals surface area contributed by atoms with E-state index < -0.39 is 0 Å². The number of carbonyl (C=O) groups is 1. The Labute approximate surface area is 76.4 Å². The van der Waals surface area contributed by atoms with E-state index in [2.05, 4.69) is 9.89 Å². The van der Waals surface area contributed by atoms with Gasteiger partial charge < -0.3 is 4.90 Å². The molecule has 0 saturated carbocycles. The molecule has 2 N–H and O–H groups in total.